The standard InChI is InChI=1S/C12H16Br2/c1-2-11(13)8-9-12(14)10-6-4-3-5-7-10/h3-7,11-12H,2,8-9H2,1H3. The molecule has 0 aliphatic heterocycles. The van der Waals surface area contributed by atoms with Crippen LogP contribution in [0.2, 0.25) is 0 Å². The Kier molecular flexibility index (Phi) is 5.80. The number of benzene rings is 1. The van der Waals surface area contributed by atoms with Gasteiger partial charge >= 0.3 is 0 Å². The molecule has 2 heteroatoms. The van der Waals surface area contributed by atoms with E-state index in [0.29, 0.717) is 9.65 Å². The molecule has 0 spiro atoms. The van der Waals surface area contributed by atoms with Gasteiger partial charge in [-0.1, -0.05) is 69.1 Å². The molecular formula is C12H16Br2. The molecule has 0 aliphatic rings. The summed E-state index contributed by atoms with van der Waals surface area (Å²) < 4.78 is 0. The molecule has 2 unspecified atom stereocenters. The molecule has 1 rings (SSSR count). The van der Waals surface area contributed by atoms with Crippen LogP contribution in [0.4, 0.5) is 0 Å². The third-order valence-electron chi connectivity index (χ3n) is 2.34. The number of hydrogen-bond donors (Lipinski definition) is 0. The molecule has 14 heavy (non-hydrogen) atoms. The van der Waals surface area contributed by atoms with Gasteiger partial charge in [-0.3, -0.25) is 0 Å². The molecule has 0 amide bonds. The van der Waals surface area contributed by atoms with Crippen molar-refractivity contribution in [3.63, 3.8) is 0 Å². The van der Waals surface area contributed by atoms with Crippen molar-refractivity contribution in [2.45, 2.75) is 35.8 Å². The fraction of sp³-hybridized carbons (Fsp3) is 0.500. The molecule has 0 saturated heterocycles. The van der Waals surface area contributed by atoms with Gasteiger partial charge in [0.05, 0.1) is 0 Å². The number of alkyl halides is 2. The average Bonchev–Trinajstić information content (AvgIpc) is 2.26. The lowest BCUT2D eigenvalue weighted by molar-refractivity contribution is 0.686. The molecule has 0 radical (unpaired) electrons. The van der Waals surface area contributed by atoms with Crippen LogP contribution >= 0.6 is 31.9 Å². The number of halogens is 2. The molecule has 0 N–H and O–H groups in total. The van der Waals surface area contributed by atoms with E-state index in [1.54, 1.807) is 0 Å². The van der Waals surface area contributed by atoms with Crippen molar-refractivity contribution >= 4 is 31.9 Å². The summed E-state index contributed by atoms with van der Waals surface area (Å²) in [4.78, 5) is 1.15. The predicted molar refractivity (Wildman–Crippen MR) is 70.4 cm³/mol. The Morgan fingerprint density at radius 3 is 2.29 bits per heavy atom. The van der Waals surface area contributed by atoms with Crippen LogP contribution in [0, 0.1) is 0 Å². The van der Waals surface area contributed by atoms with Crippen molar-refractivity contribution in [2.75, 3.05) is 0 Å². The number of rotatable bonds is 5. The molecular weight excluding hydrogens is 304 g/mol. The highest BCUT2D eigenvalue weighted by Gasteiger charge is 2.09. The Morgan fingerprint density at radius 1 is 1.07 bits per heavy atom. The topological polar surface area (TPSA) is 0 Å². The molecule has 0 nitrogen and oxygen atoms in total. The maximum absolute atomic E-state index is 3.72. The first-order valence-corrected chi connectivity index (χ1v) is 6.90. The smallest absolute Gasteiger partial charge is 0.0395 e. The van der Waals surface area contributed by atoms with Crippen LogP contribution < -0.4 is 0 Å². The summed E-state index contributed by atoms with van der Waals surface area (Å²) in [7, 11) is 0. The SMILES string of the molecule is CCC(Br)CCC(Br)c1ccccc1. The molecule has 1 aromatic rings. The van der Waals surface area contributed by atoms with Gasteiger partial charge in [-0.05, 0) is 24.8 Å². The Bertz CT molecular complexity index is 246. The minimum absolute atomic E-state index is 0.496. The molecule has 1 aromatic carbocycles. The Labute approximate surface area is 103 Å². The molecule has 0 heterocycles. The van der Waals surface area contributed by atoms with Crippen LogP contribution in [0.3, 0.4) is 0 Å². The number of hydrogen-bond acceptors (Lipinski definition) is 0. The Hall–Kier alpha value is 0.180. The quantitative estimate of drug-likeness (QED) is 0.664. The normalized spacial score (nSPS) is 15.1. The van der Waals surface area contributed by atoms with Gasteiger partial charge in [-0.2, -0.15) is 0 Å². The summed E-state index contributed by atoms with van der Waals surface area (Å²) in [6, 6.07) is 10.6. The van der Waals surface area contributed by atoms with E-state index in [1.165, 1.54) is 24.8 Å². The summed E-state index contributed by atoms with van der Waals surface area (Å²) in [5.74, 6) is 0. The first-order chi connectivity index (χ1) is 6.74. The first kappa shape index (κ1) is 12.3. The van der Waals surface area contributed by atoms with Crippen molar-refractivity contribution in [2.24, 2.45) is 0 Å². The highest BCUT2D eigenvalue weighted by molar-refractivity contribution is 9.09. The van der Waals surface area contributed by atoms with Crippen molar-refractivity contribution in [3.8, 4) is 0 Å². The van der Waals surface area contributed by atoms with Crippen molar-refractivity contribution < 1.29 is 0 Å². The van der Waals surface area contributed by atoms with Crippen LogP contribution in [-0.4, -0.2) is 4.83 Å². The van der Waals surface area contributed by atoms with Gasteiger partial charge in [0.1, 0.15) is 0 Å². The summed E-state index contributed by atoms with van der Waals surface area (Å²) in [5.41, 5.74) is 1.38. The van der Waals surface area contributed by atoms with E-state index in [2.05, 4.69) is 69.1 Å². The highest BCUT2D eigenvalue weighted by atomic mass is 79.9. The molecule has 0 bridgehead atoms. The zero-order chi connectivity index (χ0) is 10.4. The second-order valence-electron chi connectivity index (χ2n) is 3.46. The second kappa shape index (κ2) is 6.62. The predicted octanol–water partition coefficient (Wildman–Crippen LogP) is 5.08. The lowest BCUT2D eigenvalue weighted by Gasteiger charge is -2.12. The fourth-order valence-corrected chi connectivity index (χ4v) is 2.19. The lowest BCUT2D eigenvalue weighted by atomic mass is 10.1. The van der Waals surface area contributed by atoms with Crippen LogP contribution in [-0.2, 0) is 0 Å². The molecule has 0 aromatic heterocycles. The fourth-order valence-electron chi connectivity index (χ4n) is 1.36. The summed E-state index contributed by atoms with van der Waals surface area (Å²) >= 11 is 7.38. The van der Waals surface area contributed by atoms with Crippen molar-refractivity contribution in [3.05, 3.63) is 35.9 Å². The van der Waals surface area contributed by atoms with E-state index in [1.807, 2.05) is 0 Å². The largest absolute Gasteiger partial charge is 0.0891 e. The monoisotopic (exact) mass is 318 g/mol. The van der Waals surface area contributed by atoms with E-state index < -0.39 is 0 Å². The summed E-state index contributed by atoms with van der Waals surface area (Å²) in [5, 5.41) is 0. The maximum Gasteiger partial charge on any atom is 0.0395 e. The molecule has 0 aliphatic carbocycles. The van der Waals surface area contributed by atoms with Crippen molar-refractivity contribution in [1.82, 2.24) is 0 Å². The van der Waals surface area contributed by atoms with Gasteiger partial charge < -0.3 is 0 Å². The first-order valence-electron chi connectivity index (χ1n) is 5.07. The van der Waals surface area contributed by atoms with Gasteiger partial charge in [0.25, 0.3) is 0 Å². The maximum atomic E-state index is 3.72. The third kappa shape index (κ3) is 4.14. The van der Waals surface area contributed by atoms with Crippen LogP contribution in [0.5, 0.6) is 0 Å². The van der Waals surface area contributed by atoms with E-state index >= 15 is 0 Å². The second-order valence-corrected chi connectivity index (χ2v) is 5.86. The zero-order valence-corrected chi connectivity index (χ0v) is 11.6. The highest BCUT2D eigenvalue weighted by Crippen LogP contribution is 2.29. The molecule has 0 saturated carbocycles. The van der Waals surface area contributed by atoms with Crippen LogP contribution in [0.15, 0.2) is 30.3 Å². The van der Waals surface area contributed by atoms with Gasteiger partial charge in [0, 0.05) is 9.65 Å². The van der Waals surface area contributed by atoms with Gasteiger partial charge in [-0.25, -0.2) is 0 Å². The van der Waals surface area contributed by atoms with E-state index in [4.69, 9.17) is 0 Å². The van der Waals surface area contributed by atoms with E-state index in [0.717, 1.165) is 0 Å². The third-order valence-corrected chi connectivity index (χ3v) is 4.43. The Balaban J connectivity index is 2.39. The zero-order valence-electron chi connectivity index (χ0n) is 8.42. The molecule has 0 fully saturated rings. The minimum atomic E-state index is 0.496. The summed E-state index contributed by atoms with van der Waals surface area (Å²) in [6.07, 6.45) is 3.61. The summed E-state index contributed by atoms with van der Waals surface area (Å²) in [6.45, 7) is 2.21. The minimum Gasteiger partial charge on any atom is -0.0891 e. The van der Waals surface area contributed by atoms with E-state index in [-0.39, 0.29) is 0 Å². The molecule has 2 atom stereocenters. The van der Waals surface area contributed by atoms with Crippen LogP contribution in [0.25, 0.3) is 0 Å². The van der Waals surface area contributed by atoms with Gasteiger partial charge in [-0.15, -0.1) is 0 Å². The average molecular weight is 320 g/mol. The lowest BCUT2D eigenvalue weighted by Crippen LogP contribution is -1.98. The van der Waals surface area contributed by atoms with Crippen molar-refractivity contribution in [1.29, 1.82) is 0 Å². The molecule has 78 valence electrons. The van der Waals surface area contributed by atoms with Gasteiger partial charge in [0.15, 0.2) is 0 Å². The van der Waals surface area contributed by atoms with Gasteiger partial charge in [0.2, 0.25) is 0 Å². The Morgan fingerprint density at radius 2 is 1.71 bits per heavy atom. The van der Waals surface area contributed by atoms with Crippen LogP contribution in [0.1, 0.15) is 36.6 Å². The van der Waals surface area contributed by atoms with E-state index in [9.17, 15) is 0 Å².